The van der Waals surface area contributed by atoms with Crippen LogP contribution in [0.3, 0.4) is 0 Å². The van der Waals surface area contributed by atoms with Crippen molar-refractivity contribution in [3.63, 3.8) is 0 Å². The average molecular weight is 471 g/mol. The Morgan fingerprint density at radius 1 is 1.22 bits per heavy atom. The molecular formula is C20H35N6O5P. The van der Waals surface area contributed by atoms with Gasteiger partial charge in [0, 0.05) is 0 Å². The summed E-state index contributed by atoms with van der Waals surface area (Å²) in [6.45, 7) is 11.7. The Hall–Kier alpha value is -1.91. The maximum atomic E-state index is 11.7. The number of hydrogen-bond acceptors (Lipinski definition) is 10. The number of hydrogen-bond donors (Lipinski definition) is 3. The molecule has 0 bridgehead atoms. The van der Waals surface area contributed by atoms with Gasteiger partial charge in [-0.25, -0.2) is 20.0 Å². The Morgan fingerprint density at radius 3 is 2.56 bits per heavy atom. The van der Waals surface area contributed by atoms with Crippen LogP contribution in [0.25, 0.3) is 11.2 Å². The number of nitrogens with two attached hydrogens (primary N) is 1. The molecule has 0 saturated carbocycles. The largest absolute Gasteiger partial charge is 0.464 e. The Kier molecular flexibility index (Phi) is 10.2. The summed E-state index contributed by atoms with van der Waals surface area (Å²) in [6, 6.07) is -0.226. The number of nitrogens with zero attached hydrogens (tertiary/aromatic N) is 4. The van der Waals surface area contributed by atoms with Crippen LogP contribution in [0.2, 0.25) is 0 Å². The third-order valence-electron chi connectivity index (χ3n) is 4.96. The van der Waals surface area contributed by atoms with Crippen LogP contribution >= 0.6 is 8.53 Å². The molecule has 0 amide bonds. The van der Waals surface area contributed by atoms with Crippen LogP contribution in [0, 0.1) is 11.8 Å². The van der Waals surface area contributed by atoms with E-state index in [-0.39, 0.29) is 49.4 Å². The van der Waals surface area contributed by atoms with Crippen molar-refractivity contribution < 1.29 is 23.7 Å². The zero-order chi connectivity index (χ0) is 23.8. The molecule has 0 saturated heterocycles. The first-order valence-corrected chi connectivity index (χ1v) is 12.0. The molecule has 4 N–H and O–H groups in total. The predicted octanol–water partition coefficient (Wildman–Crippen LogP) is 2.77. The van der Waals surface area contributed by atoms with E-state index in [0.29, 0.717) is 23.4 Å². The van der Waals surface area contributed by atoms with Crippen molar-refractivity contribution in [1.82, 2.24) is 24.6 Å². The summed E-state index contributed by atoms with van der Waals surface area (Å²) in [4.78, 5) is 34.5. The van der Waals surface area contributed by atoms with Crippen molar-refractivity contribution in [2.75, 3.05) is 18.9 Å². The van der Waals surface area contributed by atoms with Crippen LogP contribution in [0.15, 0.2) is 12.7 Å². The van der Waals surface area contributed by atoms with Crippen LogP contribution < -0.4 is 10.8 Å². The highest BCUT2D eigenvalue weighted by Gasteiger charge is 2.23. The molecule has 4 atom stereocenters. The van der Waals surface area contributed by atoms with E-state index in [1.807, 2.05) is 27.7 Å². The second kappa shape index (κ2) is 12.4. The zero-order valence-corrected chi connectivity index (χ0v) is 20.5. The zero-order valence-electron chi connectivity index (χ0n) is 19.6. The first-order chi connectivity index (χ1) is 15.1. The van der Waals surface area contributed by atoms with Gasteiger partial charge in [0.2, 0.25) is 0 Å². The number of carbonyl (C=O) groups excluding carboxylic acids is 1. The summed E-state index contributed by atoms with van der Waals surface area (Å²) >= 11 is 0. The standard InChI is InChI=1S/C20H35N6O5P/c1-7-15(31-14(6)26-11-24-17-18(21)22-10-23-19(17)26)8-30-32(28)25-16(12(2)3)9-29-20(27)13(4)5/h10-16,25,28H,7-9H2,1-6H3,(H2,21,22,23). The molecule has 32 heavy (non-hydrogen) atoms. The predicted molar refractivity (Wildman–Crippen MR) is 122 cm³/mol. The minimum absolute atomic E-state index is 0.137. The number of nitrogens with one attached hydrogen (secondary N) is 1. The maximum Gasteiger partial charge on any atom is 0.308 e. The lowest BCUT2D eigenvalue weighted by Crippen LogP contribution is -2.37. The molecule has 11 nitrogen and oxygen atoms in total. The van der Waals surface area contributed by atoms with E-state index in [2.05, 4.69) is 20.0 Å². The summed E-state index contributed by atoms with van der Waals surface area (Å²) in [6.07, 6.45) is 3.03. The number of nitrogen functional groups attached to an aromatic ring is 1. The second-order valence-corrected chi connectivity index (χ2v) is 9.24. The lowest BCUT2D eigenvalue weighted by molar-refractivity contribution is -0.148. The normalized spacial score (nSPS) is 15.8. The number of anilines is 1. The fourth-order valence-corrected chi connectivity index (χ4v) is 3.82. The number of carbonyl (C=O) groups is 1. The number of imidazole rings is 1. The Morgan fingerprint density at radius 2 is 1.94 bits per heavy atom. The van der Waals surface area contributed by atoms with Crippen molar-refractivity contribution in [3.05, 3.63) is 12.7 Å². The number of esters is 1. The molecular weight excluding hydrogens is 435 g/mol. The fourth-order valence-electron chi connectivity index (χ4n) is 2.78. The van der Waals surface area contributed by atoms with Gasteiger partial charge in [-0.1, -0.05) is 34.6 Å². The number of aromatic nitrogens is 4. The molecule has 12 heteroatoms. The van der Waals surface area contributed by atoms with Gasteiger partial charge in [-0.3, -0.25) is 9.36 Å². The summed E-state index contributed by atoms with van der Waals surface area (Å²) in [5.41, 5.74) is 6.95. The van der Waals surface area contributed by atoms with Crippen LogP contribution in [0.5, 0.6) is 0 Å². The summed E-state index contributed by atoms with van der Waals surface area (Å²) in [5.74, 6) is -0.0206. The van der Waals surface area contributed by atoms with E-state index >= 15 is 0 Å². The van der Waals surface area contributed by atoms with E-state index in [9.17, 15) is 9.69 Å². The Labute approximate surface area is 190 Å². The van der Waals surface area contributed by atoms with Crippen LogP contribution in [-0.2, 0) is 18.8 Å². The number of fused-ring (bicyclic) bond motifs is 1. The smallest absolute Gasteiger partial charge is 0.308 e. The van der Waals surface area contributed by atoms with Gasteiger partial charge in [0.25, 0.3) is 8.53 Å². The third kappa shape index (κ3) is 7.31. The van der Waals surface area contributed by atoms with E-state index in [4.69, 9.17) is 19.7 Å². The first kappa shape index (κ1) is 26.3. The molecule has 0 aromatic carbocycles. The highest BCUT2D eigenvalue weighted by atomic mass is 31.2. The van der Waals surface area contributed by atoms with Crippen molar-refractivity contribution in [2.24, 2.45) is 11.8 Å². The average Bonchev–Trinajstić information content (AvgIpc) is 3.19. The molecule has 0 aliphatic rings. The second-order valence-electron chi connectivity index (χ2n) is 8.18. The van der Waals surface area contributed by atoms with E-state index in [1.54, 1.807) is 24.7 Å². The number of ether oxygens (including phenoxy) is 2. The van der Waals surface area contributed by atoms with E-state index in [1.165, 1.54) is 6.33 Å². The summed E-state index contributed by atoms with van der Waals surface area (Å²) in [7, 11) is -1.92. The van der Waals surface area contributed by atoms with Crippen molar-refractivity contribution in [2.45, 2.75) is 66.3 Å². The molecule has 0 aliphatic carbocycles. The van der Waals surface area contributed by atoms with E-state index < -0.39 is 8.53 Å². The molecule has 4 unspecified atom stereocenters. The molecule has 0 fully saturated rings. The Bertz CT molecular complexity index is 864. The molecule has 2 aromatic rings. The lowest BCUT2D eigenvalue weighted by Gasteiger charge is -2.26. The first-order valence-electron chi connectivity index (χ1n) is 10.8. The molecule has 0 aliphatic heterocycles. The maximum absolute atomic E-state index is 11.7. The lowest BCUT2D eigenvalue weighted by atomic mass is 10.1. The van der Waals surface area contributed by atoms with Gasteiger partial charge in [-0.15, -0.1) is 0 Å². The van der Waals surface area contributed by atoms with E-state index in [0.717, 1.165) is 0 Å². The van der Waals surface area contributed by atoms with Gasteiger partial charge in [-0.05, 0) is 19.3 Å². The fraction of sp³-hybridized carbons (Fsp3) is 0.700. The molecule has 2 heterocycles. The molecule has 0 spiro atoms. The van der Waals surface area contributed by atoms with Gasteiger partial charge < -0.3 is 24.6 Å². The summed E-state index contributed by atoms with van der Waals surface area (Å²) in [5, 5.41) is 3.02. The van der Waals surface area contributed by atoms with Crippen molar-refractivity contribution in [1.29, 1.82) is 0 Å². The van der Waals surface area contributed by atoms with Gasteiger partial charge in [-0.2, -0.15) is 0 Å². The number of rotatable bonds is 13. The highest BCUT2D eigenvalue weighted by Crippen LogP contribution is 2.30. The summed E-state index contributed by atoms with van der Waals surface area (Å²) < 4.78 is 18.8. The van der Waals surface area contributed by atoms with Crippen molar-refractivity contribution in [3.8, 4) is 0 Å². The molecule has 2 rings (SSSR count). The topological polar surface area (TPSA) is 147 Å². The quantitative estimate of drug-likeness (QED) is 0.295. The van der Waals surface area contributed by atoms with Gasteiger partial charge in [0.1, 0.15) is 24.7 Å². The monoisotopic (exact) mass is 470 g/mol. The van der Waals surface area contributed by atoms with Crippen LogP contribution in [-0.4, -0.2) is 55.7 Å². The molecule has 0 radical (unpaired) electrons. The third-order valence-corrected chi connectivity index (χ3v) is 5.91. The van der Waals surface area contributed by atoms with Crippen LogP contribution in [0.4, 0.5) is 5.82 Å². The van der Waals surface area contributed by atoms with Gasteiger partial charge in [0.15, 0.2) is 11.5 Å². The van der Waals surface area contributed by atoms with Crippen molar-refractivity contribution >= 4 is 31.5 Å². The van der Waals surface area contributed by atoms with Gasteiger partial charge in [0.05, 0.1) is 31.0 Å². The minimum atomic E-state index is -1.92. The SMILES string of the molecule is CCC(COP(O)NC(COC(=O)C(C)C)C(C)C)OC(C)n1cnc2c(N)ncnc21. The van der Waals surface area contributed by atoms with Crippen LogP contribution in [0.1, 0.15) is 54.2 Å². The Balaban J connectivity index is 1.88. The van der Waals surface area contributed by atoms with Gasteiger partial charge >= 0.3 is 5.97 Å². The minimum Gasteiger partial charge on any atom is -0.464 e. The molecule has 180 valence electrons. The highest BCUT2D eigenvalue weighted by molar-refractivity contribution is 7.43. The molecule has 2 aromatic heterocycles.